The van der Waals surface area contributed by atoms with Gasteiger partial charge < -0.3 is 14.8 Å². The van der Waals surface area contributed by atoms with Crippen molar-refractivity contribution >= 4 is 56.6 Å². The monoisotopic (exact) mass is 586 g/mol. The lowest BCUT2D eigenvalue weighted by molar-refractivity contribution is -0.119. The van der Waals surface area contributed by atoms with Crippen LogP contribution in [0.1, 0.15) is 5.56 Å². The lowest BCUT2D eigenvalue weighted by atomic mass is 10.2. The zero-order valence-electron chi connectivity index (χ0n) is 20.0. The fourth-order valence-corrected chi connectivity index (χ4v) is 6.15. The molecule has 0 aliphatic carbocycles. The molecule has 0 aliphatic rings. The third-order valence-corrected chi connectivity index (χ3v) is 8.55. The van der Waals surface area contributed by atoms with Gasteiger partial charge in [-0.3, -0.25) is 9.10 Å². The minimum atomic E-state index is -4.22. The van der Waals surface area contributed by atoms with Crippen LogP contribution in [0, 0.1) is 5.82 Å². The molecule has 0 atom stereocenters. The molecule has 198 valence electrons. The highest BCUT2D eigenvalue weighted by molar-refractivity contribution is 7.98. The van der Waals surface area contributed by atoms with Crippen molar-refractivity contribution in [3.8, 4) is 11.5 Å². The highest BCUT2D eigenvalue weighted by atomic mass is 35.5. The first kappa shape index (κ1) is 28.9. The van der Waals surface area contributed by atoms with Crippen LogP contribution >= 0.6 is 35.0 Å². The summed E-state index contributed by atoms with van der Waals surface area (Å²) in [6.07, 6.45) is 0. The second-order valence-electron chi connectivity index (χ2n) is 7.64. The van der Waals surface area contributed by atoms with Gasteiger partial charge in [-0.1, -0.05) is 29.3 Å². The highest BCUT2D eigenvalue weighted by Gasteiger charge is 2.28. The molecule has 37 heavy (non-hydrogen) atoms. The van der Waals surface area contributed by atoms with E-state index in [0.29, 0.717) is 33.8 Å². The second kappa shape index (κ2) is 13.2. The predicted octanol–water partition coefficient (Wildman–Crippen LogP) is 5.39. The fraction of sp³-hybridized carbons (Fsp3) is 0.240. The number of anilines is 1. The molecule has 3 aromatic carbocycles. The van der Waals surface area contributed by atoms with Crippen molar-refractivity contribution in [3.05, 3.63) is 82.1 Å². The first-order valence-electron chi connectivity index (χ1n) is 10.9. The van der Waals surface area contributed by atoms with Gasteiger partial charge in [-0.2, -0.15) is 11.8 Å². The summed E-state index contributed by atoms with van der Waals surface area (Å²) in [4.78, 5) is 12.6. The molecule has 0 bridgehead atoms. The molecule has 0 saturated carbocycles. The molecule has 0 unspecified atom stereocenters. The van der Waals surface area contributed by atoms with Crippen LogP contribution in [-0.4, -0.2) is 47.4 Å². The number of carbonyl (C=O) groups excluding carboxylic acids is 1. The summed E-state index contributed by atoms with van der Waals surface area (Å²) in [5.74, 6) is 0.716. The number of carbonyl (C=O) groups is 1. The van der Waals surface area contributed by atoms with Crippen LogP contribution in [-0.2, 0) is 20.6 Å². The van der Waals surface area contributed by atoms with Gasteiger partial charge in [0, 0.05) is 34.2 Å². The van der Waals surface area contributed by atoms with Crippen molar-refractivity contribution < 1.29 is 27.1 Å². The molecule has 1 amide bonds. The van der Waals surface area contributed by atoms with Gasteiger partial charge in [-0.05, 0) is 54.1 Å². The van der Waals surface area contributed by atoms with E-state index >= 15 is 0 Å². The van der Waals surface area contributed by atoms with E-state index < -0.39 is 28.3 Å². The minimum Gasteiger partial charge on any atom is -0.493 e. The van der Waals surface area contributed by atoms with Crippen LogP contribution in [0.15, 0.2) is 65.6 Å². The van der Waals surface area contributed by atoms with Crippen molar-refractivity contribution in [3.63, 3.8) is 0 Å². The number of rotatable bonds is 12. The number of benzene rings is 3. The van der Waals surface area contributed by atoms with E-state index in [1.54, 1.807) is 23.9 Å². The molecule has 0 aromatic heterocycles. The Hall–Kier alpha value is -2.66. The van der Waals surface area contributed by atoms with Gasteiger partial charge >= 0.3 is 0 Å². The Labute approximate surface area is 229 Å². The molecule has 0 saturated heterocycles. The van der Waals surface area contributed by atoms with Gasteiger partial charge in [0.15, 0.2) is 11.5 Å². The summed E-state index contributed by atoms with van der Waals surface area (Å²) in [5.41, 5.74) is 1.06. The zero-order valence-corrected chi connectivity index (χ0v) is 23.2. The standard InChI is InChI=1S/C25H25Cl2FN2O5S2/c1-34-23-10-9-21(14-24(23)35-2)37(32,33)30(20-7-5-19(28)6-8-20)15-25(31)29-11-12-36-16-17-3-4-18(26)13-22(17)27/h3-10,13-14H,11-12,15-16H2,1-2H3,(H,29,31). The van der Waals surface area contributed by atoms with E-state index in [0.717, 1.165) is 22.0 Å². The maximum absolute atomic E-state index is 13.5. The Morgan fingerprint density at radius 3 is 2.35 bits per heavy atom. The predicted molar refractivity (Wildman–Crippen MR) is 146 cm³/mol. The number of halogens is 3. The van der Waals surface area contributed by atoms with E-state index in [1.165, 1.54) is 44.6 Å². The SMILES string of the molecule is COc1ccc(S(=O)(=O)N(CC(=O)NCCSCc2ccc(Cl)cc2Cl)c2ccc(F)cc2)cc1OC. The lowest BCUT2D eigenvalue weighted by Gasteiger charge is -2.24. The minimum absolute atomic E-state index is 0.113. The van der Waals surface area contributed by atoms with Crippen LogP contribution in [0.3, 0.4) is 0 Å². The maximum atomic E-state index is 13.5. The summed E-state index contributed by atoms with van der Waals surface area (Å²) in [7, 11) is -1.39. The molecular formula is C25H25Cl2FN2O5S2. The van der Waals surface area contributed by atoms with E-state index in [1.807, 2.05) is 6.07 Å². The molecule has 3 aromatic rings. The number of hydrogen-bond donors (Lipinski definition) is 1. The molecule has 0 fully saturated rings. The lowest BCUT2D eigenvalue weighted by Crippen LogP contribution is -2.41. The summed E-state index contributed by atoms with van der Waals surface area (Å²) in [6, 6.07) is 14.2. The van der Waals surface area contributed by atoms with Gasteiger partial charge in [0.05, 0.1) is 24.8 Å². The Kier molecular flexibility index (Phi) is 10.3. The molecule has 0 aliphatic heterocycles. The fourth-order valence-electron chi connectivity index (χ4n) is 3.30. The number of nitrogens with zero attached hydrogens (tertiary/aromatic N) is 1. The summed E-state index contributed by atoms with van der Waals surface area (Å²) < 4.78 is 51.9. The Balaban J connectivity index is 1.70. The first-order valence-corrected chi connectivity index (χ1v) is 14.3. The van der Waals surface area contributed by atoms with E-state index in [9.17, 15) is 17.6 Å². The van der Waals surface area contributed by atoms with E-state index in [2.05, 4.69) is 5.32 Å². The Morgan fingerprint density at radius 2 is 1.70 bits per heavy atom. The molecule has 3 rings (SSSR count). The van der Waals surface area contributed by atoms with Crippen LogP contribution in [0.4, 0.5) is 10.1 Å². The van der Waals surface area contributed by atoms with Crippen LogP contribution in [0.5, 0.6) is 11.5 Å². The normalized spacial score (nSPS) is 11.2. The van der Waals surface area contributed by atoms with Crippen molar-refractivity contribution in [1.82, 2.24) is 5.32 Å². The summed E-state index contributed by atoms with van der Waals surface area (Å²) >= 11 is 13.6. The summed E-state index contributed by atoms with van der Waals surface area (Å²) in [6.45, 7) is -0.196. The third-order valence-electron chi connectivity index (χ3n) is 5.19. The maximum Gasteiger partial charge on any atom is 0.264 e. The van der Waals surface area contributed by atoms with Gasteiger partial charge in [-0.25, -0.2) is 12.8 Å². The number of thioether (sulfide) groups is 1. The molecule has 1 N–H and O–H groups in total. The van der Waals surface area contributed by atoms with Crippen LogP contribution in [0.2, 0.25) is 10.0 Å². The van der Waals surface area contributed by atoms with Gasteiger partial charge in [0.25, 0.3) is 10.0 Å². The quantitative estimate of drug-likeness (QED) is 0.286. The number of ether oxygens (including phenoxy) is 2. The average Bonchev–Trinajstić information content (AvgIpc) is 2.88. The van der Waals surface area contributed by atoms with Crippen molar-refractivity contribution in [1.29, 1.82) is 0 Å². The topological polar surface area (TPSA) is 84.9 Å². The molecule has 12 heteroatoms. The molecule has 0 spiro atoms. The molecule has 7 nitrogen and oxygen atoms in total. The highest BCUT2D eigenvalue weighted by Crippen LogP contribution is 2.32. The van der Waals surface area contributed by atoms with Crippen molar-refractivity contribution in [2.24, 2.45) is 0 Å². The number of hydrogen-bond acceptors (Lipinski definition) is 6. The smallest absolute Gasteiger partial charge is 0.264 e. The number of amides is 1. The van der Waals surface area contributed by atoms with Crippen LogP contribution < -0.4 is 19.1 Å². The number of nitrogens with one attached hydrogen (secondary N) is 1. The van der Waals surface area contributed by atoms with Crippen LogP contribution in [0.25, 0.3) is 0 Å². The van der Waals surface area contributed by atoms with Gasteiger partial charge in [-0.15, -0.1) is 0 Å². The molecular weight excluding hydrogens is 562 g/mol. The Morgan fingerprint density at radius 1 is 1.00 bits per heavy atom. The molecule has 0 heterocycles. The number of methoxy groups -OCH3 is 2. The number of sulfonamides is 1. The third kappa shape index (κ3) is 7.67. The Bertz CT molecular complexity index is 1340. The summed E-state index contributed by atoms with van der Waals surface area (Å²) in [5, 5.41) is 3.85. The first-order chi connectivity index (χ1) is 17.6. The second-order valence-corrected chi connectivity index (χ2v) is 11.5. The van der Waals surface area contributed by atoms with E-state index in [-0.39, 0.29) is 16.3 Å². The zero-order chi connectivity index (χ0) is 27.0. The van der Waals surface area contributed by atoms with E-state index in [4.69, 9.17) is 32.7 Å². The largest absolute Gasteiger partial charge is 0.493 e. The van der Waals surface area contributed by atoms with Crippen molar-refractivity contribution in [2.45, 2.75) is 10.6 Å². The van der Waals surface area contributed by atoms with Crippen molar-refractivity contribution in [2.75, 3.05) is 37.4 Å². The molecule has 0 radical (unpaired) electrons. The average molecular weight is 588 g/mol. The van der Waals surface area contributed by atoms with Gasteiger partial charge in [0.1, 0.15) is 12.4 Å². The van der Waals surface area contributed by atoms with Gasteiger partial charge in [0.2, 0.25) is 5.91 Å².